The smallest absolute Gasteiger partial charge is 0.244 e. The second kappa shape index (κ2) is 10.8. The van der Waals surface area contributed by atoms with E-state index in [2.05, 4.69) is 5.32 Å². The fourth-order valence-corrected chi connectivity index (χ4v) is 4.27. The van der Waals surface area contributed by atoms with E-state index in [1.54, 1.807) is 19.9 Å². The minimum absolute atomic E-state index is 0.0220. The molecule has 2 aromatic carbocycles. The number of anilines is 1. The number of halogens is 2. The van der Waals surface area contributed by atoms with Crippen LogP contribution in [0.25, 0.3) is 0 Å². The van der Waals surface area contributed by atoms with E-state index in [1.165, 1.54) is 17.0 Å². The zero-order valence-electron chi connectivity index (χ0n) is 17.5. The Morgan fingerprint density at radius 1 is 1.06 bits per heavy atom. The number of nitrogens with one attached hydrogen (secondary N) is 1. The summed E-state index contributed by atoms with van der Waals surface area (Å²) >= 11 is 12.3. The van der Waals surface area contributed by atoms with Crippen LogP contribution in [0.3, 0.4) is 0 Å². The SMILES string of the molecule is CCNC(=O)[C@H](C)N(Cc1ccccc1)C(=O)CN(c1cccc(Cl)c1Cl)S(C)(=O)=O. The van der Waals surface area contributed by atoms with Crippen LogP contribution in [0.5, 0.6) is 0 Å². The predicted octanol–water partition coefficient (Wildman–Crippen LogP) is 3.31. The van der Waals surface area contributed by atoms with Gasteiger partial charge in [0.15, 0.2) is 0 Å². The Balaban J connectivity index is 2.41. The van der Waals surface area contributed by atoms with Crippen molar-refractivity contribution in [2.75, 3.05) is 23.7 Å². The zero-order valence-corrected chi connectivity index (χ0v) is 19.8. The highest BCUT2D eigenvalue weighted by atomic mass is 35.5. The minimum Gasteiger partial charge on any atom is -0.355 e. The van der Waals surface area contributed by atoms with Crippen LogP contribution < -0.4 is 9.62 Å². The summed E-state index contributed by atoms with van der Waals surface area (Å²) in [5.74, 6) is -0.887. The summed E-state index contributed by atoms with van der Waals surface area (Å²) in [7, 11) is -3.87. The van der Waals surface area contributed by atoms with E-state index in [0.29, 0.717) is 6.54 Å². The number of rotatable bonds is 9. The van der Waals surface area contributed by atoms with Crippen molar-refractivity contribution in [3.8, 4) is 0 Å². The van der Waals surface area contributed by atoms with E-state index >= 15 is 0 Å². The van der Waals surface area contributed by atoms with Crippen LogP contribution >= 0.6 is 23.2 Å². The summed E-state index contributed by atoms with van der Waals surface area (Å²) in [6, 6.07) is 12.9. The molecular weight excluding hydrogens is 461 g/mol. The molecule has 0 aliphatic carbocycles. The normalized spacial score (nSPS) is 12.2. The largest absolute Gasteiger partial charge is 0.355 e. The van der Waals surface area contributed by atoms with Gasteiger partial charge < -0.3 is 10.2 Å². The molecule has 0 unspecified atom stereocenters. The highest BCUT2D eigenvalue weighted by Gasteiger charge is 2.30. The highest BCUT2D eigenvalue weighted by Crippen LogP contribution is 2.33. The van der Waals surface area contributed by atoms with E-state index in [0.717, 1.165) is 16.1 Å². The molecule has 2 amide bonds. The molecule has 1 atom stereocenters. The number of benzene rings is 2. The van der Waals surface area contributed by atoms with Crippen molar-refractivity contribution in [2.24, 2.45) is 0 Å². The molecule has 0 saturated carbocycles. The van der Waals surface area contributed by atoms with Gasteiger partial charge in [-0.2, -0.15) is 0 Å². The summed E-state index contributed by atoms with van der Waals surface area (Å²) in [4.78, 5) is 27.1. The quantitative estimate of drug-likeness (QED) is 0.589. The van der Waals surface area contributed by atoms with Gasteiger partial charge in [0.25, 0.3) is 0 Å². The molecule has 2 rings (SSSR count). The molecule has 10 heteroatoms. The number of hydrogen-bond donors (Lipinski definition) is 1. The Hall–Kier alpha value is -2.29. The summed E-state index contributed by atoms with van der Waals surface area (Å²) in [6.07, 6.45) is 0.978. The Labute approximate surface area is 193 Å². The molecule has 0 saturated heterocycles. The van der Waals surface area contributed by atoms with Crippen molar-refractivity contribution in [3.05, 3.63) is 64.1 Å². The van der Waals surface area contributed by atoms with Gasteiger partial charge in [0.1, 0.15) is 12.6 Å². The molecule has 0 radical (unpaired) electrons. The average molecular weight is 486 g/mol. The number of likely N-dealkylation sites (N-methyl/N-ethyl adjacent to an activating group) is 1. The summed E-state index contributed by atoms with van der Waals surface area (Å²) in [5.41, 5.74) is 0.897. The highest BCUT2D eigenvalue weighted by molar-refractivity contribution is 7.92. The van der Waals surface area contributed by atoms with E-state index in [-0.39, 0.29) is 28.2 Å². The third kappa shape index (κ3) is 6.59. The monoisotopic (exact) mass is 485 g/mol. The van der Waals surface area contributed by atoms with Crippen molar-refractivity contribution in [3.63, 3.8) is 0 Å². The lowest BCUT2D eigenvalue weighted by Crippen LogP contribution is -2.51. The molecule has 0 bridgehead atoms. The molecule has 0 heterocycles. The topological polar surface area (TPSA) is 86.8 Å². The van der Waals surface area contributed by atoms with Crippen molar-refractivity contribution in [2.45, 2.75) is 26.4 Å². The molecule has 2 aromatic rings. The standard InChI is InChI=1S/C21H25Cl2N3O4S/c1-4-24-21(28)15(2)25(13-16-9-6-5-7-10-16)19(27)14-26(31(3,29)30)18-12-8-11-17(22)20(18)23/h5-12,15H,4,13-14H2,1-3H3,(H,24,28)/t15-/m0/s1. The van der Waals surface area contributed by atoms with Gasteiger partial charge in [-0.25, -0.2) is 8.42 Å². The summed E-state index contributed by atoms with van der Waals surface area (Å²) in [5, 5.41) is 2.88. The number of carbonyl (C=O) groups is 2. The van der Waals surface area contributed by atoms with Crippen LogP contribution in [-0.2, 0) is 26.2 Å². The first-order valence-electron chi connectivity index (χ1n) is 9.59. The average Bonchev–Trinajstić information content (AvgIpc) is 2.72. The molecule has 31 heavy (non-hydrogen) atoms. The lowest BCUT2D eigenvalue weighted by molar-refractivity contribution is -0.139. The fourth-order valence-electron chi connectivity index (χ4n) is 2.96. The molecule has 0 aliphatic heterocycles. The molecule has 7 nitrogen and oxygen atoms in total. The van der Waals surface area contributed by atoms with Gasteiger partial charge >= 0.3 is 0 Å². The lowest BCUT2D eigenvalue weighted by Gasteiger charge is -2.31. The molecule has 0 aromatic heterocycles. The second-order valence-corrected chi connectivity index (χ2v) is 9.61. The molecule has 168 valence electrons. The van der Waals surface area contributed by atoms with Gasteiger partial charge in [-0.15, -0.1) is 0 Å². The van der Waals surface area contributed by atoms with E-state index < -0.39 is 28.5 Å². The Morgan fingerprint density at radius 3 is 2.29 bits per heavy atom. The predicted molar refractivity (Wildman–Crippen MR) is 124 cm³/mol. The van der Waals surface area contributed by atoms with Crippen LogP contribution in [0.1, 0.15) is 19.4 Å². The number of sulfonamides is 1. The van der Waals surface area contributed by atoms with Crippen LogP contribution in [-0.4, -0.2) is 50.5 Å². The maximum atomic E-state index is 13.3. The molecular formula is C21H25Cl2N3O4S. The van der Waals surface area contributed by atoms with Crippen molar-refractivity contribution < 1.29 is 18.0 Å². The first-order chi connectivity index (χ1) is 14.6. The third-order valence-electron chi connectivity index (χ3n) is 4.59. The maximum Gasteiger partial charge on any atom is 0.244 e. The van der Waals surface area contributed by atoms with Crippen molar-refractivity contribution >= 4 is 50.7 Å². The molecule has 1 N–H and O–H groups in total. The fraction of sp³-hybridized carbons (Fsp3) is 0.333. The minimum atomic E-state index is -3.87. The molecule has 0 aliphatic rings. The number of carbonyl (C=O) groups excluding carboxylic acids is 2. The van der Waals surface area contributed by atoms with Crippen LogP contribution in [0.15, 0.2) is 48.5 Å². The van der Waals surface area contributed by atoms with Crippen LogP contribution in [0.2, 0.25) is 10.0 Å². The van der Waals surface area contributed by atoms with E-state index in [1.807, 2.05) is 30.3 Å². The van der Waals surface area contributed by atoms with Gasteiger partial charge in [-0.05, 0) is 31.5 Å². The number of hydrogen-bond acceptors (Lipinski definition) is 4. The first-order valence-corrected chi connectivity index (χ1v) is 12.2. The Morgan fingerprint density at radius 2 is 1.71 bits per heavy atom. The molecule has 0 spiro atoms. The van der Waals surface area contributed by atoms with Gasteiger partial charge in [0, 0.05) is 13.1 Å². The maximum absolute atomic E-state index is 13.3. The summed E-state index contributed by atoms with van der Waals surface area (Å²) in [6.45, 7) is 3.39. The Kier molecular flexibility index (Phi) is 8.73. The third-order valence-corrected chi connectivity index (χ3v) is 6.53. The molecule has 0 fully saturated rings. The van der Waals surface area contributed by atoms with Crippen LogP contribution in [0, 0.1) is 0 Å². The van der Waals surface area contributed by atoms with Crippen LogP contribution in [0.4, 0.5) is 5.69 Å². The Bertz CT molecular complexity index is 1030. The van der Waals surface area contributed by atoms with E-state index in [9.17, 15) is 18.0 Å². The first kappa shape index (κ1) is 25.0. The lowest BCUT2D eigenvalue weighted by atomic mass is 10.1. The van der Waals surface area contributed by atoms with Gasteiger partial charge in [-0.3, -0.25) is 13.9 Å². The number of amides is 2. The van der Waals surface area contributed by atoms with Crippen molar-refractivity contribution in [1.82, 2.24) is 10.2 Å². The second-order valence-electron chi connectivity index (χ2n) is 6.92. The zero-order chi connectivity index (χ0) is 23.2. The number of nitrogens with zero attached hydrogens (tertiary/aromatic N) is 2. The van der Waals surface area contributed by atoms with Gasteiger partial charge in [-0.1, -0.05) is 59.6 Å². The van der Waals surface area contributed by atoms with Gasteiger partial charge in [0.2, 0.25) is 21.8 Å². The van der Waals surface area contributed by atoms with Gasteiger partial charge in [0.05, 0.1) is 22.0 Å². The van der Waals surface area contributed by atoms with Crippen molar-refractivity contribution in [1.29, 1.82) is 0 Å². The summed E-state index contributed by atoms with van der Waals surface area (Å²) < 4.78 is 25.9. The van der Waals surface area contributed by atoms with E-state index in [4.69, 9.17) is 23.2 Å².